The van der Waals surface area contributed by atoms with Crippen molar-refractivity contribution in [3.8, 4) is 0 Å². The average Bonchev–Trinajstić information content (AvgIpc) is 3.13. The second-order valence-corrected chi connectivity index (χ2v) is 9.90. The van der Waals surface area contributed by atoms with Crippen LogP contribution in [0.15, 0.2) is 21.8 Å². The van der Waals surface area contributed by atoms with Crippen molar-refractivity contribution in [3.05, 3.63) is 44.3 Å². The lowest BCUT2D eigenvalue weighted by molar-refractivity contribution is 0.102. The summed E-state index contributed by atoms with van der Waals surface area (Å²) in [5.74, 6) is -0.488. The number of carbonyl (C=O) groups excluding carboxylic acids is 1. The Bertz CT molecular complexity index is 1030. The number of nitrogens with zero attached hydrogens (tertiary/aromatic N) is 3. The zero-order valence-corrected chi connectivity index (χ0v) is 17.3. The molecule has 0 aromatic carbocycles. The third-order valence-electron chi connectivity index (χ3n) is 3.95. The molecule has 138 valence electrons. The first-order valence-corrected chi connectivity index (χ1v) is 10.0. The van der Waals surface area contributed by atoms with Gasteiger partial charge in [0.25, 0.3) is 11.5 Å². The van der Waals surface area contributed by atoms with E-state index in [1.165, 1.54) is 33.3 Å². The summed E-state index contributed by atoms with van der Waals surface area (Å²) in [6.07, 6.45) is 1.34. The number of thiazole rings is 2. The van der Waals surface area contributed by atoms with Crippen LogP contribution < -0.4 is 10.9 Å². The molecular formula is C18H22N4O2S2. The summed E-state index contributed by atoms with van der Waals surface area (Å²) < 4.78 is 1.53. The molecule has 3 heterocycles. The minimum atomic E-state index is -0.488. The molecule has 8 heteroatoms. The summed E-state index contributed by atoms with van der Waals surface area (Å²) >= 11 is 2.74. The Kier molecular flexibility index (Phi) is 4.52. The number of nitrogens with one attached hydrogen (secondary N) is 1. The Morgan fingerprint density at radius 1 is 1.08 bits per heavy atom. The first kappa shape index (κ1) is 18.7. The molecule has 0 fully saturated rings. The fourth-order valence-electron chi connectivity index (χ4n) is 2.40. The van der Waals surface area contributed by atoms with Crippen molar-refractivity contribution in [1.29, 1.82) is 0 Å². The van der Waals surface area contributed by atoms with Gasteiger partial charge in [-0.05, 0) is 0 Å². The maximum atomic E-state index is 12.9. The van der Waals surface area contributed by atoms with Crippen molar-refractivity contribution in [2.75, 3.05) is 5.32 Å². The van der Waals surface area contributed by atoms with Crippen molar-refractivity contribution < 1.29 is 4.79 Å². The van der Waals surface area contributed by atoms with Crippen molar-refractivity contribution in [1.82, 2.24) is 14.4 Å². The standard InChI is InChI=1S/C18H22N4O2S2/c1-17(2,3)11-8-25-15(20-11)21-13(23)10-7-19-16-22(14(10)24)12(9-26-16)18(4,5)6/h7-9H,1-6H3,(H,20,21,23). The molecular weight excluding hydrogens is 368 g/mol. The molecule has 6 nitrogen and oxygen atoms in total. The van der Waals surface area contributed by atoms with Crippen molar-refractivity contribution in [2.24, 2.45) is 0 Å². The van der Waals surface area contributed by atoms with E-state index in [1.54, 1.807) is 0 Å². The summed E-state index contributed by atoms with van der Waals surface area (Å²) in [7, 11) is 0. The minimum absolute atomic E-state index is 0.0129. The average molecular weight is 391 g/mol. The molecule has 0 radical (unpaired) electrons. The Balaban J connectivity index is 1.98. The smallest absolute Gasteiger partial charge is 0.271 e. The summed E-state index contributed by atoms with van der Waals surface area (Å²) in [6, 6.07) is 0. The van der Waals surface area contributed by atoms with Gasteiger partial charge in [0, 0.05) is 33.5 Å². The zero-order valence-electron chi connectivity index (χ0n) is 15.7. The summed E-state index contributed by atoms with van der Waals surface area (Å²) in [6.45, 7) is 12.2. The third kappa shape index (κ3) is 3.43. The van der Waals surface area contributed by atoms with Crippen LogP contribution in [0.4, 0.5) is 5.13 Å². The highest BCUT2D eigenvalue weighted by Gasteiger charge is 2.24. The van der Waals surface area contributed by atoms with Gasteiger partial charge in [-0.2, -0.15) is 0 Å². The highest BCUT2D eigenvalue weighted by molar-refractivity contribution is 7.15. The highest BCUT2D eigenvalue weighted by atomic mass is 32.1. The summed E-state index contributed by atoms with van der Waals surface area (Å²) in [5.41, 5.74) is 1.07. The number of hydrogen-bond acceptors (Lipinski definition) is 6. The number of amides is 1. The summed E-state index contributed by atoms with van der Waals surface area (Å²) in [5, 5.41) is 7.04. The molecule has 0 aliphatic rings. The Hall–Kier alpha value is -2.06. The number of rotatable bonds is 2. The fraction of sp³-hybridized carbons (Fsp3) is 0.444. The number of anilines is 1. The molecule has 0 atom stereocenters. The van der Waals surface area contributed by atoms with Gasteiger partial charge in [-0.15, -0.1) is 22.7 Å². The van der Waals surface area contributed by atoms with E-state index in [1.807, 2.05) is 31.5 Å². The first-order chi connectivity index (χ1) is 12.0. The van der Waals surface area contributed by atoms with Crippen LogP contribution in [0.3, 0.4) is 0 Å². The van der Waals surface area contributed by atoms with Crippen LogP contribution in [0.5, 0.6) is 0 Å². The topological polar surface area (TPSA) is 76.4 Å². The van der Waals surface area contributed by atoms with Gasteiger partial charge in [-0.25, -0.2) is 9.97 Å². The fourth-order valence-corrected chi connectivity index (χ4v) is 4.41. The van der Waals surface area contributed by atoms with E-state index in [0.29, 0.717) is 10.1 Å². The number of carbonyl (C=O) groups is 1. The van der Waals surface area contributed by atoms with Crippen molar-refractivity contribution in [2.45, 2.75) is 52.4 Å². The lowest BCUT2D eigenvalue weighted by atomic mass is 9.93. The number of hydrogen-bond donors (Lipinski definition) is 1. The van der Waals surface area contributed by atoms with Crippen LogP contribution in [0.1, 0.15) is 63.3 Å². The van der Waals surface area contributed by atoms with Crippen molar-refractivity contribution >= 4 is 38.7 Å². The van der Waals surface area contributed by atoms with E-state index in [-0.39, 0.29) is 22.0 Å². The molecule has 26 heavy (non-hydrogen) atoms. The van der Waals surface area contributed by atoms with E-state index >= 15 is 0 Å². The van der Waals surface area contributed by atoms with Gasteiger partial charge in [0.05, 0.1) is 5.69 Å². The Labute approximate surface area is 159 Å². The molecule has 0 aliphatic heterocycles. The van der Waals surface area contributed by atoms with Crippen LogP contribution in [0.2, 0.25) is 0 Å². The van der Waals surface area contributed by atoms with Gasteiger partial charge in [-0.3, -0.25) is 19.3 Å². The first-order valence-electron chi connectivity index (χ1n) is 8.25. The van der Waals surface area contributed by atoms with E-state index in [4.69, 9.17) is 0 Å². The molecule has 0 spiro atoms. The molecule has 3 aromatic rings. The van der Waals surface area contributed by atoms with E-state index < -0.39 is 5.91 Å². The molecule has 3 rings (SSSR count). The van der Waals surface area contributed by atoms with Crippen LogP contribution in [-0.4, -0.2) is 20.3 Å². The van der Waals surface area contributed by atoms with Crippen molar-refractivity contribution in [3.63, 3.8) is 0 Å². The predicted octanol–water partition coefficient (Wildman–Crippen LogP) is 4.06. The summed E-state index contributed by atoms with van der Waals surface area (Å²) in [4.78, 5) is 34.8. The molecule has 1 N–H and O–H groups in total. The molecule has 1 amide bonds. The van der Waals surface area contributed by atoms with Crippen LogP contribution >= 0.6 is 22.7 Å². The minimum Gasteiger partial charge on any atom is -0.298 e. The molecule has 0 saturated carbocycles. The van der Waals surface area contributed by atoms with Crippen LogP contribution in [0.25, 0.3) is 4.96 Å². The monoisotopic (exact) mass is 390 g/mol. The van der Waals surface area contributed by atoms with Gasteiger partial charge >= 0.3 is 0 Å². The molecule has 0 aliphatic carbocycles. The van der Waals surface area contributed by atoms with Gasteiger partial charge < -0.3 is 0 Å². The van der Waals surface area contributed by atoms with E-state index in [9.17, 15) is 9.59 Å². The lowest BCUT2D eigenvalue weighted by Crippen LogP contribution is -2.29. The Morgan fingerprint density at radius 3 is 2.35 bits per heavy atom. The normalized spacial score (nSPS) is 12.5. The molecule has 0 unspecified atom stereocenters. The number of aromatic nitrogens is 3. The lowest BCUT2D eigenvalue weighted by Gasteiger charge is -2.17. The quantitative estimate of drug-likeness (QED) is 0.716. The zero-order chi connectivity index (χ0) is 19.3. The number of fused-ring (bicyclic) bond motifs is 1. The van der Waals surface area contributed by atoms with Gasteiger partial charge in [0.2, 0.25) is 0 Å². The SMILES string of the molecule is CC(C)(C)c1csc(NC(=O)c2cnc3scc(C(C)(C)C)n3c2=O)n1. The molecule has 0 bridgehead atoms. The van der Waals surface area contributed by atoms with Gasteiger partial charge in [-0.1, -0.05) is 41.5 Å². The predicted molar refractivity (Wildman–Crippen MR) is 107 cm³/mol. The van der Waals surface area contributed by atoms with E-state index in [0.717, 1.165) is 11.4 Å². The maximum Gasteiger partial charge on any atom is 0.271 e. The third-order valence-corrected chi connectivity index (χ3v) is 5.55. The van der Waals surface area contributed by atoms with Crippen LogP contribution in [0, 0.1) is 0 Å². The largest absolute Gasteiger partial charge is 0.298 e. The second kappa shape index (κ2) is 6.28. The van der Waals surface area contributed by atoms with Gasteiger partial charge in [0.1, 0.15) is 5.56 Å². The second-order valence-electron chi connectivity index (χ2n) is 8.21. The highest BCUT2D eigenvalue weighted by Crippen LogP contribution is 2.27. The maximum absolute atomic E-state index is 12.9. The Morgan fingerprint density at radius 2 is 1.77 bits per heavy atom. The molecule has 0 saturated heterocycles. The van der Waals surface area contributed by atoms with E-state index in [2.05, 4.69) is 36.1 Å². The van der Waals surface area contributed by atoms with Gasteiger partial charge in [0.15, 0.2) is 10.1 Å². The van der Waals surface area contributed by atoms with Crippen LogP contribution in [-0.2, 0) is 10.8 Å². The molecule has 3 aromatic heterocycles.